The molecule has 2 rings (SSSR count). The molecule has 1 aliphatic heterocycles. The molecule has 104 valence electrons. The quantitative estimate of drug-likeness (QED) is 0.694. The number of hydrogen-bond donors (Lipinski definition) is 3. The van der Waals surface area contributed by atoms with Gasteiger partial charge in [0, 0.05) is 0 Å². The van der Waals surface area contributed by atoms with E-state index < -0.39 is 18.5 Å². The average Bonchev–Trinajstić information content (AvgIpc) is 2.79. The van der Waals surface area contributed by atoms with Gasteiger partial charge < -0.3 is 9.84 Å². The molecule has 6 nitrogen and oxygen atoms in total. The summed E-state index contributed by atoms with van der Waals surface area (Å²) in [4.78, 5) is 11.7. The molecule has 1 aromatic carbocycles. The van der Waals surface area contributed by atoms with Crippen LogP contribution in [0.3, 0.4) is 0 Å². The second kappa shape index (κ2) is 6.01. The highest BCUT2D eigenvalue weighted by Gasteiger charge is 2.36. The molecule has 1 aromatic rings. The number of hydrogen-bond acceptors (Lipinski definition) is 5. The fourth-order valence-corrected chi connectivity index (χ4v) is 1.72. The van der Waals surface area contributed by atoms with Gasteiger partial charge >= 0.3 is 6.09 Å². The molecule has 0 saturated carbocycles. The minimum absolute atomic E-state index is 0.400. The zero-order chi connectivity index (χ0) is 13.8. The minimum Gasteiger partial charge on any atom is -0.423 e. The largest absolute Gasteiger partial charge is 0.430 e. The van der Waals surface area contributed by atoms with Gasteiger partial charge in [-0.3, -0.25) is 5.32 Å². The molecular formula is C13H19N3O3. The number of rotatable bonds is 5. The maximum absolute atomic E-state index is 11.7. The van der Waals surface area contributed by atoms with Gasteiger partial charge in [0.15, 0.2) is 6.23 Å². The summed E-state index contributed by atoms with van der Waals surface area (Å²) in [5.41, 5.74) is 3.50. The predicted octanol–water partition coefficient (Wildman–Crippen LogP) is 1.04. The van der Waals surface area contributed by atoms with E-state index in [0.29, 0.717) is 18.2 Å². The molecule has 1 saturated heterocycles. The highest BCUT2D eigenvalue weighted by Crippen LogP contribution is 2.18. The molecular weight excluding hydrogens is 246 g/mol. The van der Waals surface area contributed by atoms with Gasteiger partial charge in [-0.05, 0) is 24.6 Å². The predicted molar refractivity (Wildman–Crippen MR) is 71.2 cm³/mol. The molecule has 1 fully saturated rings. The van der Waals surface area contributed by atoms with E-state index in [1.165, 1.54) is 5.01 Å². The maximum Gasteiger partial charge on any atom is 0.430 e. The van der Waals surface area contributed by atoms with E-state index in [4.69, 9.17) is 4.74 Å². The number of carbonyl (C=O) groups is 1. The van der Waals surface area contributed by atoms with Crippen LogP contribution in [0.5, 0.6) is 0 Å². The van der Waals surface area contributed by atoms with Crippen LogP contribution in [0.1, 0.15) is 13.8 Å². The molecule has 0 bridgehead atoms. The highest BCUT2D eigenvalue weighted by molar-refractivity contribution is 5.88. The molecule has 0 aromatic heterocycles. The van der Waals surface area contributed by atoms with Gasteiger partial charge in [0.2, 0.25) is 6.23 Å². The number of nitrogens with zero attached hydrogens (tertiary/aromatic N) is 1. The Bertz CT molecular complexity index is 424. The fourth-order valence-electron chi connectivity index (χ4n) is 1.72. The van der Waals surface area contributed by atoms with Crippen LogP contribution in [0.15, 0.2) is 30.3 Å². The molecule has 1 aliphatic rings. The number of aliphatic hydroxyl groups is 1. The third-order valence-electron chi connectivity index (χ3n) is 2.70. The fraction of sp³-hybridized carbons (Fsp3) is 0.462. The first-order chi connectivity index (χ1) is 9.08. The third-order valence-corrected chi connectivity index (χ3v) is 2.70. The Morgan fingerprint density at radius 3 is 2.74 bits per heavy atom. The first-order valence-corrected chi connectivity index (χ1v) is 6.31. The van der Waals surface area contributed by atoms with Crippen molar-refractivity contribution in [2.75, 3.05) is 11.6 Å². The van der Waals surface area contributed by atoms with Crippen molar-refractivity contribution in [3.05, 3.63) is 30.3 Å². The summed E-state index contributed by atoms with van der Waals surface area (Å²) in [7, 11) is 0. The number of cyclic esters (lactones) is 1. The number of amides is 1. The lowest BCUT2D eigenvalue weighted by atomic mass is 10.2. The van der Waals surface area contributed by atoms with Crippen LogP contribution in [0, 0.1) is 5.92 Å². The van der Waals surface area contributed by atoms with Crippen molar-refractivity contribution in [1.29, 1.82) is 0 Å². The van der Waals surface area contributed by atoms with Crippen molar-refractivity contribution < 1.29 is 14.6 Å². The Morgan fingerprint density at radius 1 is 1.42 bits per heavy atom. The van der Waals surface area contributed by atoms with Gasteiger partial charge in [-0.25, -0.2) is 9.80 Å². The van der Waals surface area contributed by atoms with Crippen molar-refractivity contribution in [3.8, 4) is 0 Å². The van der Waals surface area contributed by atoms with Crippen molar-refractivity contribution in [1.82, 2.24) is 10.7 Å². The van der Waals surface area contributed by atoms with E-state index in [1.54, 1.807) is 12.1 Å². The van der Waals surface area contributed by atoms with Gasteiger partial charge in [0.1, 0.15) is 0 Å². The summed E-state index contributed by atoms with van der Waals surface area (Å²) >= 11 is 0. The molecule has 3 N–H and O–H groups in total. The zero-order valence-corrected chi connectivity index (χ0v) is 11.0. The average molecular weight is 265 g/mol. The van der Waals surface area contributed by atoms with E-state index in [0.717, 1.165) is 0 Å². The Labute approximate surface area is 112 Å². The van der Waals surface area contributed by atoms with Crippen molar-refractivity contribution >= 4 is 11.8 Å². The number of anilines is 1. The van der Waals surface area contributed by atoms with Gasteiger partial charge in [-0.2, -0.15) is 5.43 Å². The van der Waals surface area contributed by atoms with Crippen LogP contribution < -0.4 is 15.8 Å². The summed E-state index contributed by atoms with van der Waals surface area (Å²) in [6, 6.07) is 9.08. The standard InChI is InChI=1S/C13H19N3O3/c1-9(2)8-14-11(17)12-15-16(13(18)19-12)10-6-4-3-5-7-10/h3-7,9,11-12,14-15,17H,8H2,1-2H3/t11-,12-/m1/s1. The first kappa shape index (κ1) is 13.8. The van der Waals surface area contributed by atoms with Gasteiger partial charge in [0.05, 0.1) is 5.69 Å². The van der Waals surface area contributed by atoms with Crippen LogP contribution in [0.2, 0.25) is 0 Å². The lowest BCUT2D eigenvalue weighted by molar-refractivity contribution is -0.00526. The number of para-hydroxylation sites is 1. The number of aliphatic hydroxyl groups excluding tert-OH is 1. The molecule has 2 atom stereocenters. The number of ether oxygens (including phenoxy) is 1. The lowest BCUT2D eigenvalue weighted by Gasteiger charge is -2.19. The molecule has 0 spiro atoms. The van der Waals surface area contributed by atoms with E-state index in [1.807, 2.05) is 32.0 Å². The van der Waals surface area contributed by atoms with Crippen molar-refractivity contribution in [3.63, 3.8) is 0 Å². The lowest BCUT2D eigenvalue weighted by Crippen LogP contribution is -2.49. The normalized spacial score (nSPS) is 20.7. The second-order valence-electron chi connectivity index (χ2n) is 4.85. The molecule has 1 heterocycles. The van der Waals surface area contributed by atoms with Crippen molar-refractivity contribution in [2.24, 2.45) is 5.92 Å². The number of nitrogens with one attached hydrogen (secondary N) is 2. The van der Waals surface area contributed by atoms with Crippen LogP contribution in [0.4, 0.5) is 10.5 Å². The Balaban J connectivity index is 1.96. The molecule has 1 amide bonds. The number of carbonyl (C=O) groups excluding carboxylic acids is 1. The second-order valence-corrected chi connectivity index (χ2v) is 4.85. The Kier molecular flexibility index (Phi) is 4.36. The number of hydrazine groups is 1. The van der Waals surface area contributed by atoms with Crippen LogP contribution in [0.25, 0.3) is 0 Å². The zero-order valence-electron chi connectivity index (χ0n) is 11.0. The molecule has 0 unspecified atom stereocenters. The Hall–Kier alpha value is -1.63. The summed E-state index contributed by atoms with van der Waals surface area (Å²) in [5.74, 6) is 0.400. The SMILES string of the molecule is CC(C)CN[C@H](O)[C@@H]1NN(c2ccccc2)C(=O)O1. The Morgan fingerprint density at radius 2 is 2.11 bits per heavy atom. The van der Waals surface area contributed by atoms with Gasteiger partial charge in [-0.1, -0.05) is 32.0 Å². The molecule has 6 heteroatoms. The monoisotopic (exact) mass is 265 g/mol. The van der Waals surface area contributed by atoms with Crippen LogP contribution >= 0.6 is 0 Å². The summed E-state index contributed by atoms with van der Waals surface area (Å²) in [6.45, 7) is 4.70. The van der Waals surface area contributed by atoms with E-state index >= 15 is 0 Å². The van der Waals surface area contributed by atoms with Crippen molar-refractivity contribution in [2.45, 2.75) is 26.3 Å². The maximum atomic E-state index is 11.7. The van der Waals surface area contributed by atoms with E-state index in [-0.39, 0.29) is 0 Å². The minimum atomic E-state index is -0.944. The van der Waals surface area contributed by atoms with E-state index in [2.05, 4.69) is 10.7 Å². The molecule has 19 heavy (non-hydrogen) atoms. The van der Waals surface area contributed by atoms with Crippen LogP contribution in [-0.4, -0.2) is 30.2 Å². The van der Waals surface area contributed by atoms with E-state index in [9.17, 15) is 9.90 Å². The summed E-state index contributed by atoms with van der Waals surface area (Å²) < 4.78 is 5.09. The smallest absolute Gasteiger partial charge is 0.423 e. The number of benzene rings is 1. The van der Waals surface area contributed by atoms with Gasteiger partial charge in [-0.15, -0.1) is 0 Å². The first-order valence-electron chi connectivity index (χ1n) is 6.31. The third kappa shape index (κ3) is 3.44. The van der Waals surface area contributed by atoms with Crippen LogP contribution in [-0.2, 0) is 4.74 Å². The summed E-state index contributed by atoms with van der Waals surface area (Å²) in [5, 5.41) is 14.1. The summed E-state index contributed by atoms with van der Waals surface area (Å²) in [6.07, 6.45) is -2.26. The molecule has 0 radical (unpaired) electrons. The highest BCUT2D eigenvalue weighted by atomic mass is 16.6. The van der Waals surface area contributed by atoms with Gasteiger partial charge in [0.25, 0.3) is 0 Å². The topological polar surface area (TPSA) is 73.8 Å². The molecule has 0 aliphatic carbocycles.